The summed E-state index contributed by atoms with van der Waals surface area (Å²) in [5, 5.41) is 24.1. The molecule has 1 unspecified atom stereocenters. The molecule has 6 aromatic rings. The second kappa shape index (κ2) is 23.4. The van der Waals surface area contributed by atoms with Gasteiger partial charge in [0.15, 0.2) is 23.0 Å². The molecule has 4 heterocycles. The zero-order valence-electron chi connectivity index (χ0n) is 42.3. The van der Waals surface area contributed by atoms with Gasteiger partial charge in [0.1, 0.15) is 30.3 Å². The summed E-state index contributed by atoms with van der Waals surface area (Å²) in [5.41, 5.74) is 9.01. The SMILES string of the molecule is Cc1c(OCc2ccccc2)c2c(c3c1OCO3)C(COCc1ccccc1)N[C@H](CO)C2.Cc1c(OCc2ccccc2)c2c(c3c1OCO3)[C@H](COCc1ccccc1)N(C(=O)OC(C)(C)C)[C@H](CO)C2. The standard InChI is InChI=1S/C32H37NO7.C27H29NO5/c1-21-28(37-18-23-13-9-6-10-14-23)25-15-24(16-34)33(31(35)40-32(2,3)4)26(27(25)30-29(21)38-20-39-30)19-36-17-22-11-7-5-8-12-22;1-18-25(31-15-20-10-6-3-7-11-20)22-12-21(13-29)28-23(24(22)27-26(18)32-17-33-27)16-30-14-19-8-4-2-5-9-19/h5-14,24,26,34H,15-20H2,1-4H3;2-11,21,23,28-29H,12-17H2,1H3/t24-,26-;21-,23?/m00/s1. The molecule has 14 nitrogen and oxygen atoms in total. The molecular formula is C59H66N2O12. The molecule has 1 amide bonds. The number of carbonyl (C=O) groups excluding carboxylic acids is 1. The van der Waals surface area contributed by atoms with E-state index in [0.29, 0.717) is 63.1 Å². The smallest absolute Gasteiger partial charge is 0.411 e. The lowest BCUT2D eigenvalue weighted by molar-refractivity contribution is -0.0275. The summed E-state index contributed by atoms with van der Waals surface area (Å²) < 4.78 is 54.6. The topological polar surface area (TPSA) is 156 Å². The number of benzene rings is 6. The molecule has 3 N–H and O–H groups in total. The van der Waals surface area contributed by atoms with E-state index in [-0.39, 0.29) is 45.5 Å². The Morgan fingerprint density at radius 3 is 1.49 bits per heavy atom. The number of hydrogen-bond acceptors (Lipinski definition) is 13. The molecule has 14 heteroatoms. The Hall–Kier alpha value is -6.81. The van der Waals surface area contributed by atoms with Crippen molar-refractivity contribution in [1.82, 2.24) is 10.2 Å². The number of rotatable bonds is 16. The fourth-order valence-electron chi connectivity index (χ4n) is 9.96. The normalized spacial score (nSPS) is 18.3. The molecular weight excluding hydrogens is 929 g/mol. The Morgan fingerprint density at radius 1 is 0.589 bits per heavy atom. The molecule has 10 rings (SSSR count). The zero-order valence-corrected chi connectivity index (χ0v) is 42.3. The van der Waals surface area contributed by atoms with Crippen molar-refractivity contribution < 1.29 is 57.6 Å². The van der Waals surface area contributed by atoms with Crippen LogP contribution in [0.25, 0.3) is 0 Å². The van der Waals surface area contributed by atoms with E-state index in [9.17, 15) is 15.0 Å². The van der Waals surface area contributed by atoms with Crippen molar-refractivity contribution in [3.63, 3.8) is 0 Å². The Labute approximate surface area is 427 Å². The minimum absolute atomic E-state index is 0.0280. The summed E-state index contributed by atoms with van der Waals surface area (Å²) in [6.45, 7) is 11.8. The highest BCUT2D eigenvalue weighted by Crippen LogP contribution is 2.54. The van der Waals surface area contributed by atoms with Crippen molar-refractivity contribution in [2.45, 2.75) is 104 Å². The Balaban J connectivity index is 0.000000183. The van der Waals surface area contributed by atoms with Gasteiger partial charge in [-0.05, 0) is 69.7 Å². The summed E-state index contributed by atoms with van der Waals surface area (Å²) in [7, 11) is 0. The molecule has 4 aliphatic heterocycles. The molecule has 4 aliphatic rings. The fraction of sp³-hybridized carbons (Fsp3) is 0.373. The van der Waals surface area contributed by atoms with E-state index in [2.05, 4.69) is 5.32 Å². The fourth-order valence-corrected chi connectivity index (χ4v) is 9.96. The Morgan fingerprint density at radius 2 is 1.03 bits per heavy atom. The molecule has 0 fully saturated rings. The van der Waals surface area contributed by atoms with Gasteiger partial charge in [-0.15, -0.1) is 0 Å². The van der Waals surface area contributed by atoms with E-state index >= 15 is 0 Å². The number of nitrogens with one attached hydrogen (secondary N) is 1. The average Bonchev–Trinajstić information content (AvgIpc) is 4.11. The monoisotopic (exact) mass is 994 g/mol. The molecule has 4 atom stereocenters. The maximum Gasteiger partial charge on any atom is 0.411 e. The van der Waals surface area contributed by atoms with Gasteiger partial charge in [-0.1, -0.05) is 121 Å². The Kier molecular flexibility index (Phi) is 16.4. The Bertz CT molecular complexity index is 2790. The van der Waals surface area contributed by atoms with Crippen LogP contribution in [0.5, 0.6) is 34.5 Å². The molecule has 384 valence electrons. The minimum Gasteiger partial charge on any atom is -0.488 e. The van der Waals surface area contributed by atoms with Crippen molar-refractivity contribution in [3.05, 3.63) is 177 Å². The van der Waals surface area contributed by atoms with Crippen molar-refractivity contribution in [2.24, 2.45) is 0 Å². The predicted molar refractivity (Wildman–Crippen MR) is 274 cm³/mol. The lowest BCUT2D eigenvalue weighted by atomic mass is 9.85. The van der Waals surface area contributed by atoms with Crippen LogP contribution in [0.1, 0.15) is 88.5 Å². The largest absolute Gasteiger partial charge is 0.488 e. The van der Waals surface area contributed by atoms with Crippen molar-refractivity contribution in [1.29, 1.82) is 0 Å². The number of fused-ring (bicyclic) bond motifs is 6. The minimum atomic E-state index is -0.717. The maximum absolute atomic E-state index is 13.6. The van der Waals surface area contributed by atoms with Crippen molar-refractivity contribution >= 4 is 6.09 Å². The first-order valence-electron chi connectivity index (χ1n) is 25.0. The van der Waals surface area contributed by atoms with Gasteiger partial charge in [-0.25, -0.2) is 4.79 Å². The highest BCUT2D eigenvalue weighted by molar-refractivity contribution is 5.73. The van der Waals surface area contributed by atoms with Crippen LogP contribution in [0.4, 0.5) is 4.79 Å². The summed E-state index contributed by atoms with van der Waals surface area (Å²) in [5.74, 6) is 4.16. The molecule has 0 bridgehead atoms. The number of aliphatic hydroxyl groups is 2. The molecule has 0 saturated heterocycles. The van der Waals surface area contributed by atoms with Crippen molar-refractivity contribution in [3.8, 4) is 34.5 Å². The highest BCUT2D eigenvalue weighted by Gasteiger charge is 2.45. The first kappa shape index (κ1) is 51.1. The van der Waals surface area contributed by atoms with Crippen LogP contribution < -0.4 is 33.7 Å². The van der Waals surface area contributed by atoms with E-state index in [1.165, 1.54) is 0 Å². The summed E-state index contributed by atoms with van der Waals surface area (Å²) in [6, 6.07) is 38.6. The van der Waals surface area contributed by atoms with Gasteiger partial charge in [0.2, 0.25) is 13.6 Å². The van der Waals surface area contributed by atoms with Gasteiger partial charge in [0, 0.05) is 39.4 Å². The second-order valence-electron chi connectivity index (χ2n) is 19.6. The molecule has 0 spiro atoms. The number of hydrogen-bond donors (Lipinski definition) is 3. The van der Waals surface area contributed by atoms with Crippen LogP contribution in [0.15, 0.2) is 121 Å². The van der Waals surface area contributed by atoms with Gasteiger partial charge in [0.25, 0.3) is 0 Å². The third-order valence-corrected chi connectivity index (χ3v) is 13.3. The van der Waals surface area contributed by atoms with Gasteiger partial charge >= 0.3 is 6.09 Å². The zero-order chi connectivity index (χ0) is 50.9. The van der Waals surface area contributed by atoms with E-state index in [0.717, 1.165) is 72.9 Å². The third kappa shape index (κ3) is 11.9. The number of amides is 1. The molecule has 0 aromatic heterocycles. The first-order valence-corrected chi connectivity index (χ1v) is 25.0. The van der Waals surface area contributed by atoms with Crippen LogP contribution in [0.2, 0.25) is 0 Å². The number of nitrogens with zero attached hydrogens (tertiary/aromatic N) is 1. The van der Waals surface area contributed by atoms with E-state index in [4.69, 9.17) is 42.6 Å². The van der Waals surface area contributed by atoms with Gasteiger partial charge in [-0.3, -0.25) is 4.90 Å². The highest BCUT2D eigenvalue weighted by atomic mass is 16.7. The molecule has 0 aliphatic carbocycles. The maximum atomic E-state index is 13.6. The summed E-state index contributed by atoms with van der Waals surface area (Å²) in [6.07, 6.45) is 0.482. The quantitative estimate of drug-likeness (QED) is 0.0844. The van der Waals surface area contributed by atoms with Crippen molar-refractivity contribution in [2.75, 3.05) is 40.0 Å². The first-order chi connectivity index (χ1) is 35.5. The van der Waals surface area contributed by atoms with Gasteiger partial charge in [-0.2, -0.15) is 0 Å². The average molecular weight is 995 g/mol. The third-order valence-electron chi connectivity index (χ3n) is 13.3. The van der Waals surface area contributed by atoms with Gasteiger partial charge < -0.3 is 58.2 Å². The van der Waals surface area contributed by atoms with Crippen LogP contribution in [-0.2, 0) is 53.5 Å². The summed E-state index contributed by atoms with van der Waals surface area (Å²) in [4.78, 5) is 15.2. The molecule has 0 saturated carbocycles. The second-order valence-corrected chi connectivity index (χ2v) is 19.6. The van der Waals surface area contributed by atoms with Gasteiger partial charge in [0.05, 0.1) is 57.8 Å². The van der Waals surface area contributed by atoms with Crippen LogP contribution >= 0.6 is 0 Å². The summed E-state index contributed by atoms with van der Waals surface area (Å²) >= 11 is 0. The lowest BCUT2D eigenvalue weighted by Crippen LogP contribution is -2.52. The van der Waals surface area contributed by atoms with Crippen LogP contribution in [-0.4, -0.2) is 78.9 Å². The number of aliphatic hydroxyl groups excluding tert-OH is 2. The molecule has 6 aromatic carbocycles. The van der Waals surface area contributed by atoms with E-state index < -0.39 is 23.8 Å². The lowest BCUT2D eigenvalue weighted by Gasteiger charge is -2.43. The van der Waals surface area contributed by atoms with E-state index in [1.807, 2.05) is 156 Å². The van der Waals surface area contributed by atoms with Crippen LogP contribution in [0, 0.1) is 13.8 Å². The van der Waals surface area contributed by atoms with E-state index in [1.54, 1.807) is 4.90 Å². The molecule has 0 radical (unpaired) electrons. The number of ether oxygens (including phenoxy) is 9. The molecule has 73 heavy (non-hydrogen) atoms. The van der Waals surface area contributed by atoms with Crippen LogP contribution in [0.3, 0.4) is 0 Å². The predicted octanol–water partition coefficient (Wildman–Crippen LogP) is 9.78. The number of carbonyl (C=O) groups is 1.